The molecule has 0 aromatic heterocycles. The molecular weight excluding hydrogens is 913 g/mol. The summed E-state index contributed by atoms with van der Waals surface area (Å²) in [4.78, 5) is 38.3. The third kappa shape index (κ3) is 59.7. The monoisotopic (exact) mass is 1030 g/mol. The minimum Gasteiger partial charge on any atom is -0.462 e. The van der Waals surface area contributed by atoms with Crippen LogP contribution < -0.4 is 0 Å². The molecule has 0 bridgehead atoms. The number of hydrogen-bond donors (Lipinski definition) is 0. The maximum absolute atomic E-state index is 12.9. The first-order valence-corrected chi connectivity index (χ1v) is 31.9. The van der Waals surface area contributed by atoms with Gasteiger partial charge < -0.3 is 14.2 Å². The van der Waals surface area contributed by atoms with Crippen molar-refractivity contribution in [2.45, 2.75) is 329 Å². The average Bonchev–Trinajstić information content (AvgIpc) is 3.40. The Morgan fingerprint density at radius 1 is 0.284 bits per heavy atom. The molecule has 428 valence electrons. The lowest BCUT2D eigenvalue weighted by atomic mass is 10.0. The van der Waals surface area contributed by atoms with Crippen molar-refractivity contribution in [3.63, 3.8) is 0 Å². The fourth-order valence-electron chi connectivity index (χ4n) is 9.17. The van der Waals surface area contributed by atoms with Crippen LogP contribution in [-0.2, 0) is 28.6 Å². The van der Waals surface area contributed by atoms with Gasteiger partial charge in [-0.05, 0) is 89.9 Å². The molecule has 1 atom stereocenters. The van der Waals surface area contributed by atoms with Crippen LogP contribution in [0.2, 0.25) is 0 Å². The highest BCUT2D eigenvalue weighted by Crippen LogP contribution is 2.17. The molecule has 0 rings (SSSR count). The molecule has 1 unspecified atom stereocenters. The van der Waals surface area contributed by atoms with Gasteiger partial charge in [0.05, 0.1) is 0 Å². The van der Waals surface area contributed by atoms with Crippen molar-refractivity contribution < 1.29 is 28.6 Å². The SMILES string of the molecule is CC/C=C\C/C=C\C/C=C\C/C=C\C/C=C\CCCCCCCCCCCC(=O)OCC(COC(=O)CCCCCCC/C=C\CCCCCC)OC(=O)CCCCCCCCCCCCCCCCCCCC. The summed E-state index contributed by atoms with van der Waals surface area (Å²) in [5.41, 5.74) is 0. The molecule has 0 aliphatic heterocycles. The summed E-state index contributed by atoms with van der Waals surface area (Å²) in [6, 6.07) is 0. The molecule has 0 fully saturated rings. The summed E-state index contributed by atoms with van der Waals surface area (Å²) < 4.78 is 16.9. The van der Waals surface area contributed by atoms with Crippen molar-refractivity contribution in [1.82, 2.24) is 0 Å². The van der Waals surface area contributed by atoms with E-state index in [0.29, 0.717) is 19.3 Å². The predicted octanol–water partition coefficient (Wildman–Crippen LogP) is 21.7. The second-order valence-electron chi connectivity index (χ2n) is 21.3. The summed E-state index contributed by atoms with van der Waals surface area (Å²) in [5, 5.41) is 0. The van der Waals surface area contributed by atoms with E-state index in [1.165, 1.54) is 180 Å². The van der Waals surface area contributed by atoms with E-state index in [0.717, 1.165) is 103 Å². The highest BCUT2D eigenvalue weighted by atomic mass is 16.6. The first-order valence-electron chi connectivity index (χ1n) is 31.9. The zero-order valence-corrected chi connectivity index (χ0v) is 49.1. The second-order valence-corrected chi connectivity index (χ2v) is 21.3. The van der Waals surface area contributed by atoms with Crippen LogP contribution in [0.5, 0.6) is 0 Å². The minimum atomic E-state index is -0.780. The fourth-order valence-corrected chi connectivity index (χ4v) is 9.17. The summed E-state index contributed by atoms with van der Waals surface area (Å²) in [6.45, 7) is 6.54. The van der Waals surface area contributed by atoms with E-state index in [1.807, 2.05) is 0 Å². The van der Waals surface area contributed by atoms with Crippen molar-refractivity contribution in [3.8, 4) is 0 Å². The standard InChI is InChI=1S/C68H120O6/c1-4-7-10-13-16-19-22-25-27-29-31-32-33-34-35-36-37-39-40-43-46-49-52-55-58-61-67(70)73-64-65(63-72-66(69)60-57-54-51-48-45-42-24-21-18-15-12-9-6-3)74-68(71)62-59-56-53-50-47-44-41-38-30-28-26-23-20-17-14-11-8-5-2/h7,10,16,19,21,24-25,27,31-32,34-35,65H,4-6,8-9,11-15,17-18,20,22-23,26,28-30,33,36-64H2,1-3H3/b10-7-,19-16-,24-21-,27-25-,32-31-,35-34-. The maximum atomic E-state index is 12.9. The van der Waals surface area contributed by atoms with Crippen LogP contribution in [-0.4, -0.2) is 37.2 Å². The largest absolute Gasteiger partial charge is 0.462 e. The van der Waals surface area contributed by atoms with E-state index in [4.69, 9.17) is 14.2 Å². The Kier molecular flexibility index (Phi) is 59.7. The number of ether oxygens (including phenoxy) is 3. The minimum absolute atomic E-state index is 0.0781. The molecule has 6 heteroatoms. The molecule has 74 heavy (non-hydrogen) atoms. The summed E-state index contributed by atoms with van der Waals surface area (Å²) in [5.74, 6) is -0.876. The Morgan fingerprint density at radius 3 is 0.851 bits per heavy atom. The van der Waals surface area contributed by atoms with E-state index >= 15 is 0 Å². The van der Waals surface area contributed by atoms with Crippen molar-refractivity contribution in [1.29, 1.82) is 0 Å². The first-order chi connectivity index (χ1) is 36.5. The van der Waals surface area contributed by atoms with Gasteiger partial charge >= 0.3 is 17.9 Å². The van der Waals surface area contributed by atoms with Crippen molar-refractivity contribution in [3.05, 3.63) is 72.9 Å². The van der Waals surface area contributed by atoms with Gasteiger partial charge in [-0.15, -0.1) is 0 Å². The smallest absolute Gasteiger partial charge is 0.306 e. The van der Waals surface area contributed by atoms with Crippen molar-refractivity contribution in [2.75, 3.05) is 13.2 Å². The summed E-state index contributed by atoms with van der Waals surface area (Å²) in [7, 11) is 0. The summed E-state index contributed by atoms with van der Waals surface area (Å²) in [6.07, 6.45) is 80.5. The van der Waals surface area contributed by atoms with Crippen molar-refractivity contribution >= 4 is 17.9 Å². The number of allylic oxidation sites excluding steroid dienone is 12. The van der Waals surface area contributed by atoms with E-state index in [9.17, 15) is 14.4 Å². The Bertz CT molecular complexity index is 1370. The third-order valence-corrected chi connectivity index (χ3v) is 13.9. The molecule has 0 amide bonds. The molecule has 6 nitrogen and oxygen atoms in total. The molecule has 0 N–H and O–H groups in total. The molecule has 0 saturated carbocycles. The Labute approximate surface area is 459 Å². The number of rotatable bonds is 58. The number of unbranched alkanes of at least 4 members (excludes halogenated alkanes) is 35. The van der Waals surface area contributed by atoms with Crippen LogP contribution in [0.1, 0.15) is 323 Å². The van der Waals surface area contributed by atoms with Gasteiger partial charge in [-0.3, -0.25) is 14.4 Å². The number of esters is 3. The van der Waals surface area contributed by atoms with Crippen LogP contribution in [0.4, 0.5) is 0 Å². The Morgan fingerprint density at radius 2 is 0.527 bits per heavy atom. The number of carbonyl (C=O) groups excluding carboxylic acids is 3. The lowest BCUT2D eigenvalue weighted by Crippen LogP contribution is -2.30. The molecule has 0 saturated heterocycles. The molecule has 0 aromatic rings. The normalized spacial score (nSPS) is 12.5. The van der Waals surface area contributed by atoms with Gasteiger partial charge in [0.2, 0.25) is 0 Å². The average molecular weight is 1030 g/mol. The van der Waals surface area contributed by atoms with Gasteiger partial charge in [-0.2, -0.15) is 0 Å². The molecule has 0 spiro atoms. The van der Waals surface area contributed by atoms with Gasteiger partial charge in [-0.25, -0.2) is 0 Å². The van der Waals surface area contributed by atoms with Gasteiger partial charge in [0.25, 0.3) is 0 Å². The van der Waals surface area contributed by atoms with E-state index in [1.54, 1.807) is 0 Å². The van der Waals surface area contributed by atoms with E-state index in [2.05, 4.69) is 93.7 Å². The number of carbonyl (C=O) groups is 3. The Balaban J connectivity index is 4.31. The quantitative estimate of drug-likeness (QED) is 0.0261. The topological polar surface area (TPSA) is 78.9 Å². The molecule has 0 aliphatic rings. The second kappa shape index (κ2) is 62.4. The molecule has 0 heterocycles. The molecule has 0 radical (unpaired) electrons. The van der Waals surface area contributed by atoms with Gasteiger partial charge in [-0.1, -0.05) is 286 Å². The van der Waals surface area contributed by atoms with E-state index in [-0.39, 0.29) is 31.1 Å². The van der Waals surface area contributed by atoms with Crippen LogP contribution in [0, 0.1) is 0 Å². The van der Waals surface area contributed by atoms with Gasteiger partial charge in [0, 0.05) is 19.3 Å². The third-order valence-electron chi connectivity index (χ3n) is 13.9. The highest BCUT2D eigenvalue weighted by Gasteiger charge is 2.19. The maximum Gasteiger partial charge on any atom is 0.306 e. The first kappa shape index (κ1) is 70.8. The fraction of sp³-hybridized carbons (Fsp3) is 0.779. The lowest BCUT2D eigenvalue weighted by Gasteiger charge is -2.18. The molecule has 0 aromatic carbocycles. The Hall–Kier alpha value is -3.15. The zero-order chi connectivity index (χ0) is 53.6. The van der Waals surface area contributed by atoms with Crippen LogP contribution in [0.25, 0.3) is 0 Å². The summed E-state index contributed by atoms with van der Waals surface area (Å²) >= 11 is 0. The van der Waals surface area contributed by atoms with E-state index < -0.39 is 6.10 Å². The lowest BCUT2D eigenvalue weighted by molar-refractivity contribution is -0.167. The highest BCUT2D eigenvalue weighted by molar-refractivity contribution is 5.71. The van der Waals surface area contributed by atoms with Crippen LogP contribution in [0.15, 0.2) is 72.9 Å². The van der Waals surface area contributed by atoms with Gasteiger partial charge in [0.1, 0.15) is 13.2 Å². The van der Waals surface area contributed by atoms with Crippen LogP contribution in [0.3, 0.4) is 0 Å². The predicted molar refractivity (Wildman–Crippen MR) is 321 cm³/mol. The zero-order valence-electron chi connectivity index (χ0n) is 49.1. The van der Waals surface area contributed by atoms with Crippen molar-refractivity contribution in [2.24, 2.45) is 0 Å². The van der Waals surface area contributed by atoms with Crippen LogP contribution >= 0.6 is 0 Å². The number of hydrogen-bond acceptors (Lipinski definition) is 6. The molecule has 0 aliphatic carbocycles. The molecular formula is C68H120O6. The van der Waals surface area contributed by atoms with Gasteiger partial charge in [0.15, 0.2) is 6.10 Å².